The highest BCUT2D eigenvalue weighted by Crippen LogP contribution is 2.38. The molecule has 0 aliphatic carbocycles. The number of amides is 1. The minimum atomic E-state index is -0.946. The summed E-state index contributed by atoms with van der Waals surface area (Å²) in [6, 6.07) is 8.22. The van der Waals surface area contributed by atoms with Gasteiger partial charge in [0.2, 0.25) is 0 Å². The van der Waals surface area contributed by atoms with Crippen molar-refractivity contribution in [2.24, 2.45) is 0 Å². The Balaban J connectivity index is 0.00000300. The van der Waals surface area contributed by atoms with Crippen LogP contribution in [-0.4, -0.2) is 34.8 Å². The first-order valence-corrected chi connectivity index (χ1v) is 9.56. The summed E-state index contributed by atoms with van der Waals surface area (Å²) >= 11 is 12.1. The van der Waals surface area contributed by atoms with E-state index in [4.69, 9.17) is 27.9 Å². The number of phenolic OH excluding ortho intramolecular Hbond substituents is 1. The summed E-state index contributed by atoms with van der Waals surface area (Å²) in [5.74, 6) is -0.00413. The summed E-state index contributed by atoms with van der Waals surface area (Å²) < 4.78 is 5.46. The van der Waals surface area contributed by atoms with Gasteiger partial charge in [-0.25, -0.2) is 0 Å². The monoisotopic (exact) mass is 460 g/mol. The zero-order chi connectivity index (χ0) is 20.5. The van der Waals surface area contributed by atoms with Crippen LogP contribution in [0.1, 0.15) is 31.1 Å². The number of β-amino-alcohol motifs (C(OH)–C–C–N with tert-alkyl or cyclic N) is 1. The number of benzene rings is 2. The second kappa shape index (κ2) is 9.41. The van der Waals surface area contributed by atoms with Gasteiger partial charge in [-0.1, -0.05) is 23.2 Å². The number of aromatic hydroxyl groups is 1. The van der Waals surface area contributed by atoms with Gasteiger partial charge in [-0.2, -0.15) is 0 Å². The number of fused-ring (bicyclic) bond motifs is 1. The lowest BCUT2D eigenvalue weighted by atomic mass is 9.94. The van der Waals surface area contributed by atoms with Gasteiger partial charge in [-0.05, 0) is 50.1 Å². The largest absolute Gasteiger partial charge is 0.508 e. The molecule has 2 aromatic carbocycles. The van der Waals surface area contributed by atoms with E-state index in [2.05, 4.69) is 10.6 Å². The molecule has 1 aliphatic heterocycles. The van der Waals surface area contributed by atoms with Crippen molar-refractivity contribution in [3.63, 3.8) is 0 Å². The number of phenols is 1. The molecule has 29 heavy (non-hydrogen) atoms. The van der Waals surface area contributed by atoms with Gasteiger partial charge in [0.05, 0.1) is 11.8 Å². The molecule has 1 atom stereocenters. The predicted octanol–water partition coefficient (Wildman–Crippen LogP) is 4.10. The lowest BCUT2D eigenvalue weighted by molar-refractivity contribution is -0.118. The minimum Gasteiger partial charge on any atom is -0.508 e. The van der Waals surface area contributed by atoms with Crippen molar-refractivity contribution in [2.75, 3.05) is 18.5 Å². The smallest absolute Gasteiger partial charge is 0.262 e. The third-order valence-electron chi connectivity index (χ3n) is 4.43. The average Bonchev–Trinajstić information content (AvgIpc) is 2.57. The van der Waals surface area contributed by atoms with Crippen molar-refractivity contribution in [3.8, 4) is 11.5 Å². The molecule has 9 heteroatoms. The number of anilines is 1. The lowest BCUT2D eigenvalue weighted by Crippen LogP contribution is -2.43. The van der Waals surface area contributed by atoms with Crippen LogP contribution in [0.4, 0.5) is 5.69 Å². The molecular formula is C20H23Cl3N2O4. The second-order valence-electron chi connectivity index (χ2n) is 7.48. The summed E-state index contributed by atoms with van der Waals surface area (Å²) in [6.45, 7) is 4.09. The van der Waals surface area contributed by atoms with Gasteiger partial charge >= 0.3 is 0 Å². The van der Waals surface area contributed by atoms with Gasteiger partial charge in [0.15, 0.2) is 6.61 Å². The Bertz CT molecular complexity index is 885. The first-order valence-electron chi connectivity index (χ1n) is 8.80. The fraction of sp³-hybridized carbons (Fsp3) is 0.350. The van der Waals surface area contributed by atoms with E-state index in [0.29, 0.717) is 33.5 Å². The lowest BCUT2D eigenvalue weighted by Gasteiger charge is -2.29. The van der Waals surface area contributed by atoms with Gasteiger partial charge in [0, 0.05) is 33.8 Å². The van der Waals surface area contributed by atoms with E-state index in [-0.39, 0.29) is 42.8 Å². The summed E-state index contributed by atoms with van der Waals surface area (Å²) in [5.41, 5.74) is 1.37. The number of hydrogen-bond acceptors (Lipinski definition) is 5. The first-order chi connectivity index (χ1) is 13.1. The number of carbonyl (C=O) groups excluding carboxylic acids is 1. The predicted molar refractivity (Wildman–Crippen MR) is 117 cm³/mol. The summed E-state index contributed by atoms with van der Waals surface area (Å²) in [7, 11) is 0. The van der Waals surface area contributed by atoms with Gasteiger partial charge in [-0.15, -0.1) is 12.4 Å². The minimum absolute atomic E-state index is 0. The Morgan fingerprint density at radius 1 is 1.21 bits per heavy atom. The number of aliphatic hydroxyl groups excluding tert-OH is 1. The zero-order valence-electron chi connectivity index (χ0n) is 16.0. The fourth-order valence-corrected chi connectivity index (χ4v) is 3.80. The number of nitrogens with one attached hydrogen (secondary N) is 2. The SMILES string of the molecule is CC(C)(Cc1cc(Cl)cc(Cl)c1)NCC(O)c1cc(O)cc2c1OCC(=O)N2.Cl. The van der Waals surface area contributed by atoms with Crippen LogP contribution in [0.15, 0.2) is 30.3 Å². The average molecular weight is 462 g/mol. The second-order valence-corrected chi connectivity index (χ2v) is 8.36. The molecule has 158 valence electrons. The van der Waals surface area contributed by atoms with E-state index < -0.39 is 6.10 Å². The highest BCUT2D eigenvalue weighted by molar-refractivity contribution is 6.34. The highest BCUT2D eigenvalue weighted by Gasteiger charge is 2.26. The van der Waals surface area contributed by atoms with Crippen molar-refractivity contribution in [3.05, 3.63) is 51.5 Å². The maximum Gasteiger partial charge on any atom is 0.262 e. The van der Waals surface area contributed by atoms with Crippen molar-refractivity contribution in [1.29, 1.82) is 0 Å². The quantitative estimate of drug-likeness (QED) is 0.520. The molecule has 0 saturated heterocycles. The molecule has 0 spiro atoms. The molecule has 0 aromatic heterocycles. The normalized spacial score (nSPS) is 14.3. The van der Waals surface area contributed by atoms with E-state index in [1.165, 1.54) is 12.1 Å². The van der Waals surface area contributed by atoms with E-state index >= 15 is 0 Å². The molecule has 6 nitrogen and oxygen atoms in total. The maximum absolute atomic E-state index is 11.5. The molecule has 4 N–H and O–H groups in total. The van der Waals surface area contributed by atoms with Crippen LogP contribution < -0.4 is 15.4 Å². The zero-order valence-corrected chi connectivity index (χ0v) is 18.3. The van der Waals surface area contributed by atoms with Crippen LogP contribution >= 0.6 is 35.6 Å². The molecule has 1 amide bonds. The van der Waals surface area contributed by atoms with Crippen molar-refractivity contribution in [2.45, 2.75) is 31.9 Å². The van der Waals surface area contributed by atoms with Crippen molar-refractivity contribution >= 4 is 47.2 Å². The Kier molecular flexibility index (Phi) is 7.65. The summed E-state index contributed by atoms with van der Waals surface area (Å²) in [4.78, 5) is 11.5. The Morgan fingerprint density at radius 3 is 2.52 bits per heavy atom. The van der Waals surface area contributed by atoms with Crippen LogP contribution in [0.25, 0.3) is 0 Å². The maximum atomic E-state index is 11.5. The van der Waals surface area contributed by atoms with Gasteiger partial charge in [-0.3, -0.25) is 4.79 Å². The van der Waals surface area contributed by atoms with Crippen LogP contribution in [0.2, 0.25) is 10.0 Å². The molecule has 0 radical (unpaired) electrons. The van der Waals surface area contributed by atoms with Crippen molar-refractivity contribution < 1.29 is 19.7 Å². The van der Waals surface area contributed by atoms with Crippen LogP contribution in [-0.2, 0) is 11.2 Å². The van der Waals surface area contributed by atoms with Crippen LogP contribution in [0, 0.1) is 0 Å². The Labute approximate surface area is 185 Å². The van der Waals surface area contributed by atoms with Crippen LogP contribution in [0.5, 0.6) is 11.5 Å². The number of carbonyl (C=O) groups is 1. The molecule has 1 heterocycles. The molecule has 3 rings (SSSR count). The Morgan fingerprint density at radius 2 is 1.86 bits per heavy atom. The standard InChI is InChI=1S/C20H22Cl2N2O4.ClH/c1-20(2,8-11-3-12(21)5-13(22)4-11)23-9-17(26)15-6-14(25)7-16-19(15)28-10-18(27)24-16;/h3-7,17,23,25-26H,8-10H2,1-2H3,(H,24,27);1H. The topological polar surface area (TPSA) is 90.8 Å². The van der Waals surface area contributed by atoms with Gasteiger partial charge < -0.3 is 25.6 Å². The molecular weight excluding hydrogens is 439 g/mol. The number of halogens is 3. The molecule has 1 aliphatic rings. The van der Waals surface area contributed by atoms with E-state index in [0.717, 1.165) is 5.56 Å². The summed E-state index contributed by atoms with van der Waals surface area (Å²) in [6.07, 6.45) is -0.303. The highest BCUT2D eigenvalue weighted by atomic mass is 35.5. The number of ether oxygens (including phenoxy) is 1. The number of aliphatic hydroxyl groups is 1. The third-order valence-corrected chi connectivity index (χ3v) is 4.86. The number of hydrogen-bond donors (Lipinski definition) is 4. The Hall–Kier alpha value is -1.70. The summed E-state index contributed by atoms with van der Waals surface area (Å²) in [5, 5.41) is 27.7. The number of rotatable bonds is 6. The van der Waals surface area contributed by atoms with E-state index in [1.54, 1.807) is 6.07 Å². The van der Waals surface area contributed by atoms with Gasteiger partial charge in [0.1, 0.15) is 11.5 Å². The van der Waals surface area contributed by atoms with E-state index in [1.807, 2.05) is 26.0 Å². The van der Waals surface area contributed by atoms with Crippen LogP contribution in [0.3, 0.4) is 0 Å². The molecule has 1 unspecified atom stereocenters. The fourth-order valence-electron chi connectivity index (χ4n) is 3.23. The molecule has 0 bridgehead atoms. The van der Waals surface area contributed by atoms with E-state index in [9.17, 15) is 15.0 Å². The molecule has 0 saturated carbocycles. The molecule has 0 fully saturated rings. The third kappa shape index (κ3) is 6.14. The van der Waals surface area contributed by atoms with Crippen molar-refractivity contribution in [1.82, 2.24) is 5.32 Å². The van der Waals surface area contributed by atoms with Gasteiger partial charge in [0.25, 0.3) is 5.91 Å². The first kappa shape index (κ1) is 23.6. The molecule has 2 aromatic rings.